The van der Waals surface area contributed by atoms with E-state index in [4.69, 9.17) is 4.74 Å². The third-order valence-corrected chi connectivity index (χ3v) is 5.69. The molecule has 9 heteroatoms. The van der Waals surface area contributed by atoms with Crippen LogP contribution in [-0.4, -0.2) is 37.9 Å². The summed E-state index contributed by atoms with van der Waals surface area (Å²) in [5, 5.41) is 10.2. The normalized spacial score (nSPS) is 11.0. The van der Waals surface area contributed by atoms with Crippen molar-refractivity contribution in [3.63, 3.8) is 0 Å². The number of methoxy groups -OCH3 is 1. The second-order valence-corrected chi connectivity index (χ2v) is 7.88. The molecule has 4 heterocycles. The van der Waals surface area contributed by atoms with E-state index in [0.29, 0.717) is 34.2 Å². The molecule has 0 atom stereocenters. The minimum atomic E-state index is -0.294. The topological polar surface area (TPSA) is 102 Å². The summed E-state index contributed by atoms with van der Waals surface area (Å²) >= 11 is 0. The minimum absolute atomic E-state index is 0.293. The summed E-state index contributed by atoms with van der Waals surface area (Å²) in [6, 6.07) is 14.5. The van der Waals surface area contributed by atoms with Crippen LogP contribution in [0.3, 0.4) is 0 Å². The molecule has 2 amide bonds. The summed E-state index contributed by atoms with van der Waals surface area (Å²) in [6.07, 6.45) is 5.06. The molecule has 0 aliphatic heterocycles. The first-order valence-corrected chi connectivity index (χ1v) is 10.6. The number of carbonyl (C=O) groups is 2. The van der Waals surface area contributed by atoms with Crippen molar-refractivity contribution >= 4 is 34.4 Å². The first-order chi connectivity index (χ1) is 16.4. The molecule has 1 aromatic carbocycles. The maximum absolute atomic E-state index is 12.9. The van der Waals surface area contributed by atoms with Crippen molar-refractivity contribution in [3.8, 4) is 5.75 Å². The fraction of sp³-hybridized carbons (Fsp3) is 0.120. The van der Waals surface area contributed by atoms with Crippen LogP contribution in [0.5, 0.6) is 5.75 Å². The third kappa shape index (κ3) is 3.73. The van der Waals surface area contributed by atoms with E-state index < -0.39 is 0 Å². The highest BCUT2D eigenvalue weighted by atomic mass is 16.5. The molecule has 0 radical (unpaired) electrons. The summed E-state index contributed by atoms with van der Waals surface area (Å²) in [4.78, 5) is 30.0. The van der Waals surface area contributed by atoms with Gasteiger partial charge in [-0.3, -0.25) is 14.0 Å². The standard InChI is InChI=1S/C25H22N6O3/c1-15-12-17(27-25(33)23-16(2)20-6-4-5-10-31(20)29-23)7-8-19(15)28-24(32)21-14-26-22-13-18(34-3)9-11-30(21)22/h4-14H,1-3H3,(H,27,33)(H,28,32). The van der Waals surface area contributed by atoms with Crippen LogP contribution in [0.4, 0.5) is 11.4 Å². The van der Waals surface area contributed by atoms with E-state index in [2.05, 4.69) is 20.7 Å². The van der Waals surface area contributed by atoms with Crippen molar-refractivity contribution in [2.45, 2.75) is 13.8 Å². The Morgan fingerprint density at radius 2 is 1.82 bits per heavy atom. The van der Waals surface area contributed by atoms with Crippen LogP contribution < -0.4 is 15.4 Å². The Balaban J connectivity index is 1.33. The Hall–Kier alpha value is -4.66. The lowest BCUT2D eigenvalue weighted by molar-refractivity contribution is 0.101. The zero-order valence-corrected chi connectivity index (χ0v) is 18.9. The van der Waals surface area contributed by atoms with Crippen LogP contribution in [0, 0.1) is 13.8 Å². The molecule has 34 heavy (non-hydrogen) atoms. The quantitative estimate of drug-likeness (QED) is 0.416. The van der Waals surface area contributed by atoms with Crippen LogP contribution in [0.1, 0.15) is 32.1 Å². The highest BCUT2D eigenvalue weighted by Gasteiger charge is 2.17. The fourth-order valence-corrected chi connectivity index (χ4v) is 3.85. The molecule has 5 aromatic rings. The van der Waals surface area contributed by atoms with E-state index in [1.54, 1.807) is 58.8 Å². The van der Waals surface area contributed by atoms with Crippen molar-refractivity contribution in [2.75, 3.05) is 17.7 Å². The Morgan fingerprint density at radius 1 is 0.971 bits per heavy atom. The smallest absolute Gasteiger partial charge is 0.276 e. The Kier molecular flexibility index (Phi) is 5.21. The molecule has 2 N–H and O–H groups in total. The molecule has 170 valence electrons. The van der Waals surface area contributed by atoms with Crippen LogP contribution in [0.15, 0.2) is 67.1 Å². The highest BCUT2D eigenvalue weighted by Crippen LogP contribution is 2.23. The number of amides is 2. The first-order valence-electron chi connectivity index (χ1n) is 10.6. The molecular formula is C25H22N6O3. The summed E-state index contributed by atoms with van der Waals surface area (Å²) < 4.78 is 8.58. The molecule has 0 fully saturated rings. The van der Waals surface area contributed by atoms with Crippen LogP contribution in [0.2, 0.25) is 0 Å². The molecule has 0 bridgehead atoms. The van der Waals surface area contributed by atoms with Crippen LogP contribution >= 0.6 is 0 Å². The van der Waals surface area contributed by atoms with Gasteiger partial charge in [-0.15, -0.1) is 0 Å². The van der Waals surface area contributed by atoms with E-state index in [1.165, 1.54) is 6.20 Å². The number of rotatable bonds is 5. The van der Waals surface area contributed by atoms with E-state index in [9.17, 15) is 9.59 Å². The second kappa shape index (κ2) is 8.36. The molecule has 0 saturated carbocycles. The number of nitrogens with one attached hydrogen (secondary N) is 2. The van der Waals surface area contributed by atoms with E-state index in [-0.39, 0.29) is 11.8 Å². The lowest BCUT2D eigenvalue weighted by atomic mass is 10.1. The number of carbonyl (C=O) groups excluding carboxylic acids is 2. The average Bonchev–Trinajstić information content (AvgIpc) is 3.41. The maximum Gasteiger partial charge on any atom is 0.276 e. The molecule has 0 spiro atoms. The number of pyridine rings is 2. The summed E-state index contributed by atoms with van der Waals surface area (Å²) in [7, 11) is 1.58. The van der Waals surface area contributed by atoms with Gasteiger partial charge in [0, 0.05) is 35.4 Å². The Bertz CT molecular complexity index is 1570. The molecule has 0 saturated heterocycles. The van der Waals surface area contributed by atoms with Crippen molar-refractivity contribution < 1.29 is 14.3 Å². The highest BCUT2D eigenvalue weighted by molar-refractivity contribution is 6.06. The van der Waals surface area contributed by atoms with Crippen molar-refractivity contribution in [2.24, 2.45) is 0 Å². The predicted octanol–water partition coefficient (Wildman–Crippen LogP) is 4.11. The molecule has 0 aliphatic carbocycles. The number of benzene rings is 1. The third-order valence-electron chi connectivity index (χ3n) is 5.69. The van der Waals surface area contributed by atoms with Gasteiger partial charge >= 0.3 is 0 Å². The van der Waals surface area contributed by atoms with Crippen molar-refractivity contribution in [3.05, 3.63) is 89.6 Å². The number of ether oxygens (including phenoxy) is 1. The molecule has 0 aliphatic rings. The van der Waals surface area contributed by atoms with Gasteiger partial charge in [0.15, 0.2) is 5.69 Å². The van der Waals surface area contributed by atoms with Crippen LogP contribution in [-0.2, 0) is 0 Å². The van der Waals surface area contributed by atoms with Gasteiger partial charge in [-0.05, 0) is 55.8 Å². The minimum Gasteiger partial charge on any atom is -0.497 e. The van der Waals surface area contributed by atoms with Gasteiger partial charge in [0.05, 0.1) is 18.8 Å². The molecule has 9 nitrogen and oxygen atoms in total. The fourth-order valence-electron chi connectivity index (χ4n) is 3.85. The van der Waals surface area contributed by atoms with E-state index >= 15 is 0 Å². The van der Waals surface area contributed by atoms with Crippen molar-refractivity contribution in [1.82, 2.24) is 19.0 Å². The number of hydrogen-bond donors (Lipinski definition) is 2. The van der Waals surface area contributed by atoms with Gasteiger partial charge in [0.2, 0.25) is 0 Å². The van der Waals surface area contributed by atoms with Crippen LogP contribution in [0.25, 0.3) is 11.2 Å². The zero-order valence-electron chi connectivity index (χ0n) is 18.9. The number of anilines is 2. The zero-order chi connectivity index (χ0) is 23.8. The molecule has 0 unspecified atom stereocenters. The Morgan fingerprint density at radius 3 is 2.59 bits per heavy atom. The lowest BCUT2D eigenvalue weighted by Gasteiger charge is -2.11. The largest absolute Gasteiger partial charge is 0.497 e. The van der Waals surface area contributed by atoms with Gasteiger partial charge in [0.25, 0.3) is 11.8 Å². The van der Waals surface area contributed by atoms with Gasteiger partial charge < -0.3 is 15.4 Å². The van der Waals surface area contributed by atoms with E-state index in [1.807, 2.05) is 32.0 Å². The van der Waals surface area contributed by atoms with Gasteiger partial charge in [-0.25, -0.2) is 9.50 Å². The first kappa shape index (κ1) is 21.2. The van der Waals surface area contributed by atoms with Gasteiger partial charge in [-0.2, -0.15) is 5.10 Å². The summed E-state index contributed by atoms with van der Waals surface area (Å²) in [5.74, 6) is 0.0776. The van der Waals surface area contributed by atoms with Crippen molar-refractivity contribution in [1.29, 1.82) is 0 Å². The SMILES string of the molecule is COc1ccn2c(C(=O)Nc3ccc(NC(=O)c4nn5ccccc5c4C)cc3C)cnc2c1. The monoisotopic (exact) mass is 454 g/mol. The number of nitrogens with zero attached hydrogens (tertiary/aromatic N) is 4. The summed E-state index contributed by atoms with van der Waals surface area (Å²) in [5.41, 5.74) is 5.11. The predicted molar refractivity (Wildman–Crippen MR) is 129 cm³/mol. The summed E-state index contributed by atoms with van der Waals surface area (Å²) in [6.45, 7) is 3.73. The van der Waals surface area contributed by atoms with Gasteiger partial charge in [0.1, 0.15) is 17.1 Å². The van der Waals surface area contributed by atoms with Gasteiger partial charge in [-0.1, -0.05) is 6.07 Å². The lowest BCUT2D eigenvalue weighted by Crippen LogP contribution is -2.16. The maximum atomic E-state index is 12.9. The number of aryl methyl sites for hydroxylation is 2. The number of fused-ring (bicyclic) bond motifs is 2. The number of aromatic nitrogens is 4. The molecular weight excluding hydrogens is 432 g/mol. The Labute approximate surface area is 195 Å². The number of imidazole rings is 1. The average molecular weight is 454 g/mol. The molecule has 4 aromatic heterocycles. The second-order valence-electron chi connectivity index (χ2n) is 7.88. The van der Waals surface area contributed by atoms with E-state index in [0.717, 1.165) is 16.6 Å². The molecule has 5 rings (SSSR count). The number of hydrogen-bond acceptors (Lipinski definition) is 5.